The van der Waals surface area contributed by atoms with Crippen molar-refractivity contribution in [1.82, 2.24) is 10.2 Å². The monoisotopic (exact) mass is 760 g/mol. The first-order chi connectivity index (χ1) is 22.7. The zero-order chi connectivity index (χ0) is 33.8. The molecule has 0 aromatic heterocycles. The number of fused-ring (bicyclic) bond motifs is 1. The molecule has 256 valence electrons. The van der Waals surface area contributed by atoms with Gasteiger partial charge in [-0.15, -0.1) is 0 Å². The van der Waals surface area contributed by atoms with Crippen LogP contribution in [0.5, 0.6) is 0 Å². The summed E-state index contributed by atoms with van der Waals surface area (Å²) in [6, 6.07) is 15.9. The maximum atomic E-state index is 14.2. The SMILES string of the molecule is CCCCCC1(CCCCC)O[C@@H]2[C@@H](C=C(C(=O)N(C)[C@H](Cc3ccccc3)C(=O)NCCO)C[C@H]2OC(=O)c2cccc(I)c2)O1. The van der Waals surface area contributed by atoms with Gasteiger partial charge in [0, 0.05) is 48.4 Å². The van der Waals surface area contributed by atoms with Gasteiger partial charge < -0.3 is 29.5 Å². The molecule has 0 radical (unpaired) electrons. The number of benzene rings is 2. The van der Waals surface area contributed by atoms with Gasteiger partial charge in [0.2, 0.25) is 11.8 Å². The van der Waals surface area contributed by atoms with Crippen LogP contribution in [0.25, 0.3) is 0 Å². The Balaban J connectivity index is 1.64. The van der Waals surface area contributed by atoms with E-state index < -0.39 is 36.1 Å². The number of esters is 1. The van der Waals surface area contributed by atoms with E-state index in [1.54, 1.807) is 19.2 Å². The number of unbranched alkanes of at least 4 members (excludes halogenated alkanes) is 4. The van der Waals surface area contributed by atoms with E-state index in [1.807, 2.05) is 48.5 Å². The average molecular weight is 761 g/mol. The van der Waals surface area contributed by atoms with Gasteiger partial charge in [-0.25, -0.2) is 4.79 Å². The van der Waals surface area contributed by atoms with Crippen LogP contribution in [0, 0.1) is 3.57 Å². The van der Waals surface area contributed by atoms with E-state index in [1.165, 1.54) is 4.90 Å². The first-order valence-corrected chi connectivity index (χ1v) is 18.0. The predicted octanol–water partition coefficient (Wildman–Crippen LogP) is 5.97. The molecule has 0 unspecified atom stereocenters. The van der Waals surface area contributed by atoms with Crippen LogP contribution in [0.2, 0.25) is 0 Å². The van der Waals surface area contributed by atoms with Crippen LogP contribution in [0.15, 0.2) is 66.2 Å². The second-order valence-electron chi connectivity index (χ2n) is 12.5. The molecule has 2 aromatic rings. The van der Waals surface area contributed by atoms with Gasteiger partial charge in [0.25, 0.3) is 0 Å². The van der Waals surface area contributed by atoms with Crippen LogP contribution in [0.1, 0.15) is 87.6 Å². The summed E-state index contributed by atoms with van der Waals surface area (Å²) in [7, 11) is 1.61. The Bertz CT molecular complexity index is 1360. The Morgan fingerprint density at radius 1 is 1.02 bits per heavy atom. The lowest BCUT2D eigenvalue weighted by Crippen LogP contribution is -2.51. The van der Waals surface area contributed by atoms with Crippen molar-refractivity contribution in [2.75, 3.05) is 20.2 Å². The highest BCUT2D eigenvalue weighted by molar-refractivity contribution is 14.1. The van der Waals surface area contributed by atoms with Crippen molar-refractivity contribution in [3.63, 3.8) is 0 Å². The molecule has 0 spiro atoms. The Hall–Kier alpha value is -2.80. The lowest BCUT2D eigenvalue weighted by Gasteiger charge is -2.33. The van der Waals surface area contributed by atoms with Gasteiger partial charge in [-0.2, -0.15) is 0 Å². The highest BCUT2D eigenvalue weighted by Crippen LogP contribution is 2.43. The molecule has 2 amide bonds. The third kappa shape index (κ3) is 10.1. The minimum absolute atomic E-state index is 0.0817. The maximum Gasteiger partial charge on any atom is 0.338 e. The standard InChI is InChI=1S/C37H49IN2O7/c1-4-6-11-18-37(19-12-7-5-2)46-32-25-28(24-31(33(32)47-37)45-36(44)27-16-13-17-29(38)23-27)35(43)40(3)30(34(42)39-20-21-41)22-26-14-9-8-10-15-26/h8-10,13-17,23,25,30-33,41H,4-7,11-12,18-22,24H2,1-3H3,(H,39,42)/t30-,31-,32-,33+/m1/s1. The maximum absolute atomic E-state index is 14.2. The number of nitrogens with one attached hydrogen (secondary N) is 1. The van der Waals surface area contributed by atoms with Crippen LogP contribution in [-0.4, -0.2) is 78.1 Å². The fourth-order valence-corrected chi connectivity index (χ4v) is 6.86. The van der Waals surface area contributed by atoms with Crippen molar-refractivity contribution >= 4 is 40.4 Å². The average Bonchev–Trinajstić information content (AvgIpc) is 3.44. The number of aliphatic hydroxyl groups is 1. The summed E-state index contributed by atoms with van der Waals surface area (Å²) in [5.74, 6) is -2.02. The Labute approximate surface area is 292 Å². The van der Waals surface area contributed by atoms with Gasteiger partial charge in [-0.1, -0.05) is 75.9 Å². The van der Waals surface area contributed by atoms with Crippen LogP contribution in [0.4, 0.5) is 0 Å². The number of hydrogen-bond donors (Lipinski definition) is 2. The van der Waals surface area contributed by atoms with Crippen LogP contribution in [0.3, 0.4) is 0 Å². The lowest BCUT2D eigenvalue weighted by molar-refractivity contribution is -0.190. The highest BCUT2D eigenvalue weighted by atomic mass is 127. The number of hydrogen-bond acceptors (Lipinski definition) is 7. The second-order valence-corrected chi connectivity index (χ2v) is 13.7. The molecular formula is C37H49IN2O7. The molecule has 2 aromatic carbocycles. The molecule has 1 heterocycles. The molecular weight excluding hydrogens is 711 g/mol. The fraction of sp³-hybridized carbons (Fsp3) is 0.541. The smallest absolute Gasteiger partial charge is 0.338 e. The number of nitrogens with zero attached hydrogens (tertiary/aromatic N) is 1. The van der Waals surface area contributed by atoms with Gasteiger partial charge in [-0.05, 0) is 65.3 Å². The van der Waals surface area contributed by atoms with E-state index in [4.69, 9.17) is 14.2 Å². The first kappa shape index (κ1) is 37.0. The summed E-state index contributed by atoms with van der Waals surface area (Å²) in [5, 5.41) is 12.1. The Kier molecular flexibility index (Phi) is 14.3. The Morgan fingerprint density at radius 2 is 1.72 bits per heavy atom. The van der Waals surface area contributed by atoms with Crippen molar-refractivity contribution in [3.8, 4) is 0 Å². The molecule has 0 bridgehead atoms. The van der Waals surface area contributed by atoms with Gasteiger partial charge in [0.1, 0.15) is 24.4 Å². The predicted molar refractivity (Wildman–Crippen MR) is 189 cm³/mol. The summed E-state index contributed by atoms with van der Waals surface area (Å²) >= 11 is 2.16. The van der Waals surface area contributed by atoms with Crippen LogP contribution >= 0.6 is 22.6 Å². The van der Waals surface area contributed by atoms with Gasteiger partial charge in [0.15, 0.2) is 5.79 Å². The Morgan fingerprint density at radius 3 is 2.36 bits per heavy atom. The van der Waals surface area contributed by atoms with Crippen LogP contribution < -0.4 is 5.32 Å². The van der Waals surface area contributed by atoms with E-state index in [0.29, 0.717) is 17.6 Å². The van der Waals surface area contributed by atoms with E-state index in [2.05, 4.69) is 41.8 Å². The van der Waals surface area contributed by atoms with Crippen molar-refractivity contribution < 1.29 is 33.7 Å². The zero-order valence-electron chi connectivity index (χ0n) is 27.8. The number of amides is 2. The molecule has 0 saturated carbocycles. The summed E-state index contributed by atoms with van der Waals surface area (Å²) < 4.78 is 20.5. The van der Waals surface area contributed by atoms with Gasteiger partial charge in [-0.3, -0.25) is 9.59 Å². The topological polar surface area (TPSA) is 114 Å². The first-order valence-electron chi connectivity index (χ1n) is 16.9. The molecule has 1 saturated heterocycles. The van der Waals surface area contributed by atoms with Crippen molar-refractivity contribution in [2.45, 2.75) is 108 Å². The minimum Gasteiger partial charge on any atom is -0.456 e. The number of carbonyl (C=O) groups excluding carboxylic acids is 3. The number of ether oxygens (including phenoxy) is 3. The largest absolute Gasteiger partial charge is 0.456 e. The molecule has 1 fully saturated rings. The molecule has 10 heteroatoms. The van der Waals surface area contributed by atoms with Crippen molar-refractivity contribution in [3.05, 3.63) is 80.9 Å². The van der Waals surface area contributed by atoms with E-state index in [-0.39, 0.29) is 31.4 Å². The molecule has 2 aliphatic rings. The zero-order valence-corrected chi connectivity index (χ0v) is 29.9. The summed E-state index contributed by atoms with van der Waals surface area (Å²) in [4.78, 5) is 42.4. The molecule has 1 aliphatic heterocycles. The number of rotatable bonds is 17. The van der Waals surface area contributed by atoms with Gasteiger partial charge in [0.05, 0.1) is 12.2 Å². The number of likely N-dealkylation sites (N-methyl/N-ethyl adjacent to an activating group) is 1. The third-order valence-corrected chi connectivity index (χ3v) is 9.54. The lowest BCUT2D eigenvalue weighted by atomic mass is 9.90. The van der Waals surface area contributed by atoms with Crippen molar-refractivity contribution in [2.24, 2.45) is 0 Å². The van der Waals surface area contributed by atoms with Gasteiger partial charge >= 0.3 is 5.97 Å². The molecule has 2 N–H and O–H groups in total. The quantitative estimate of drug-likeness (QED) is 0.116. The molecule has 9 nitrogen and oxygen atoms in total. The highest BCUT2D eigenvalue weighted by Gasteiger charge is 2.52. The van der Waals surface area contributed by atoms with Crippen LogP contribution in [-0.2, 0) is 30.2 Å². The molecule has 47 heavy (non-hydrogen) atoms. The fourth-order valence-electron chi connectivity index (χ4n) is 6.32. The number of carbonyl (C=O) groups is 3. The minimum atomic E-state index is -0.828. The second kappa shape index (κ2) is 18.1. The molecule has 4 atom stereocenters. The summed E-state index contributed by atoms with van der Waals surface area (Å²) in [6.07, 6.45) is 7.85. The summed E-state index contributed by atoms with van der Waals surface area (Å²) in [6.45, 7) is 4.19. The third-order valence-electron chi connectivity index (χ3n) is 8.87. The van der Waals surface area contributed by atoms with E-state index >= 15 is 0 Å². The van der Waals surface area contributed by atoms with E-state index in [0.717, 1.165) is 60.5 Å². The molecule has 1 aliphatic carbocycles. The number of halogens is 1. The van der Waals surface area contributed by atoms with Crippen molar-refractivity contribution in [1.29, 1.82) is 0 Å². The van der Waals surface area contributed by atoms with E-state index in [9.17, 15) is 19.5 Å². The normalized spacial score (nSPS) is 20.5. The summed E-state index contributed by atoms with van der Waals surface area (Å²) in [5.41, 5.74) is 1.73. The molecule has 4 rings (SSSR count). The number of aliphatic hydroxyl groups excluding tert-OH is 1.